The van der Waals surface area contributed by atoms with Gasteiger partial charge < -0.3 is 5.73 Å². The van der Waals surface area contributed by atoms with E-state index in [1.165, 1.54) is 24.9 Å². The molecule has 1 aliphatic heterocycles. The molecule has 1 aromatic carbocycles. The van der Waals surface area contributed by atoms with Gasteiger partial charge >= 0.3 is 0 Å². The fourth-order valence-electron chi connectivity index (χ4n) is 2.34. The Hall–Kier alpha value is -0.280. The van der Waals surface area contributed by atoms with Crippen LogP contribution in [0.15, 0.2) is 24.3 Å². The van der Waals surface area contributed by atoms with Gasteiger partial charge in [0.25, 0.3) is 0 Å². The van der Waals surface area contributed by atoms with Gasteiger partial charge in [0.15, 0.2) is 0 Å². The summed E-state index contributed by atoms with van der Waals surface area (Å²) in [5.41, 5.74) is 7.07. The van der Waals surface area contributed by atoms with Crippen LogP contribution in [0.4, 0.5) is 0 Å². The molecule has 0 radical (unpaired) electrons. The lowest BCUT2D eigenvalue weighted by atomic mass is 9.98. The highest BCUT2D eigenvalue weighted by Gasteiger charge is 2.18. The largest absolute Gasteiger partial charge is 0.330 e. The molecule has 1 unspecified atom stereocenters. The topological polar surface area (TPSA) is 29.3 Å². The van der Waals surface area contributed by atoms with E-state index in [-0.39, 0.29) is 12.4 Å². The molecule has 1 atom stereocenters. The molecule has 0 saturated carbocycles. The zero-order valence-electron chi connectivity index (χ0n) is 9.94. The molecule has 0 aliphatic carbocycles. The van der Waals surface area contributed by atoms with Crippen LogP contribution in [-0.4, -0.2) is 24.5 Å². The van der Waals surface area contributed by atoms with Crippen molar-refractivity contribution in [2.45, 2.75) is 19.4 Å². The first-order chi connectivity index (χ1) is 7.78. The van der Waals surface area contributed by atoms with Crippen LogP contribution in [-0.2, 0) is 6.54 Å². The summed E-state index contributed by atoms with van der Waals surface area (Å²) in [5.74, 6) is 0.682. The summed E-state index contributed by atoms with van der Waals surface area (Å²) in [6.45, 7) is 4.17. The van der Waals surface area contributed by atoms with Crippen molar-refractivity contribution < 1.29 is 0 Å². The van der Waals surface area contributed by atoms with Gasteiger partial charge in [0.1, 0.15) is 0 Å². The molecule has 2 nitrogen and oxygen atoms in total. The lowest BCUT2D eigenvalue weighted by molar-refractivity contribution is 0.171. The molecular weight excluding hydrogens is 255 g/mol. The molecule has 1 aromatic rings. The Balaban J connectivity index is 0.00000144. The first kappa shape index (κ1) is 14.8. The number of halogens is 2. The lowest BCUT2D eigenvalue weighted by Gasteiger charge is -2.32. The van der Waals surface area contributed by atoms with Crippen molar-refractivity contribution in [2.24, 2.45) is 11.7 Å². The molecule has 2 N–H and O–H groups in total. The average molecular weight is 275 g/mol. The third-order valence-corrected chi connectivity index (χ3v) is 3.51. The average Bonchev–Trinajstić information content (AvgIpc) is 2.32. The number of nitrogens with zero attached hydrogens (tertiary/aromatic N) is 1. The number of hydrogen-bond donors (Lipinski definition) is 1. The van der Waals surface area contributed by atoms with Gasteiger partial charge in [-0.3, -0.25) is 4.90 Å². The predicted octanol–water partition coefficient (Wildman–Crippen LogP) is 2.93. The van der Waals surface area contributed by atoms with E-state index in [0.29, 0.717) is 5.92 Å². The highest BCUT2D eigenvalue weighted by Crippen LogP contribution is 2.18. The summed E-state index contributed by atoms with van der Waals surface area (Å²) < 4.78 is 0. The number of benzene rings is 1. The van der Waals surface area contributed by atoms with E-state index in [1.807, 2.05) is 12.1 Å². The Morgan fingerprint density at radius 2 is 2.00 bits per heavy atom. The maximum atomic E-state index is 5.87. The number of nitrogens with two attached hydrogens (primary N) is 1. The van der Waals surface area contributed by atoms with Crippen molar-refractivity contribution in [1.29, 1.82) is 0 Å². The predicted molar refractivity (Wildman–Crippen MR) is 75.8 cm³/mol. The lowest BCUT2D eigenvalue weighted by Crippen LogP contribution is -2.37. The second-order valence-corrected chi connectivity index (χ2v) is 5.04. The Morgan fingerprint density at radius 3 is 2.65 bits per heavy atom. The molecule has 0 aromatic heterocycles. The van der Waals surface area contributed by atoms with E-state index >= 15 is 0 Å². The van der Waals surface area contributed by atoms with Crippen LogP contribution in [0.2, 0.25) is 5.02 Å². The fraction of sp³-hybridized carbons (Fsp3) is 0.538. The van der Waals surface area contributed by atoms with E-state index in [0.717, 1.165) is 24.7 Å². The van der Waals surface area contributed by atoms with Crippen LogP contribution >= 0.6 is 24.0 Å². The van der Waals surface area contributed by atoms with E-state index in [9.17, 15) is 0 Å². The van der Waals surface area contributed by atoms with E-state index in [2.05, 4.69) is 17.0 Å². The van der Waals surface area contributed by atoms with Gasteiger partial charge in [-0.15, -0.1) is 12.4 Å². The van der Waals surface area contributed by atoms with E-state index in [1.54, 1.807) is 0 Å². The highest BCUT2D eigenvalue weighted by atomic mass is 35.5. The van der Waals surface area contributed by atoms with Crippen LogP contribution in [0.5, 0.6) is 0 Å². The quantitative estimate of drug-likeness (QED) is 0.919. The summed E-state index contributed by atoms with van der Waals surface area (Å²) in [4.78, 5) is 2.49. The Morgan fingerprint density at radius 1 is 1.29 bits per heavy atom. The van der Waals surface area contributed by atoms with Gasteiger partial charge in [-0.1, -0.05) is 23.7 Å². The molecule has 0 amide bonds. The summed E-state index contributed by atoms with van der Waals surface area (Å²) in [6, 6.07) is 8.13. The van der Waals surface area contributed by atoms with Crippen LogP contribution in [0.1, 0.15) is 18.4 Å². The molecule has 0 spiro atoms. The minimum absolute atomic E-state index is 0. The molecule has 1 fully saturated rings. The molecule has 17 heavy (non-hydrogen) atoms. The van der Waals surface area contributed by atoms with Gasteiger partial charge in [-0.25, -0.2) is 0 Å². The summed E-state index contributed by atoms with van der Waals surface area (Å²) in [6.07, 6.45) is 2.56. The molecule has 0 bridgehead atoms. The van der Waals surface area contributed by atoms with Crippen LogP contribution in [0.25, 0.3) is 0 Å². The number of hydrogen-bond acceptors (Lipinski definition) is 2. The number of likely N-dealkylation sites (tertiary alicyclic amines) is 1. The third-order valence-electron chi connectivity index (χ3n) is 3.26. The molecule has 1 aliphatic rings. The van der Waals surface area contributed by atoms with Crippen molar-refractivity contribution in [3.63, 3.8) is 0 Å². The Labute approximate surface area is 115 Å². The minimum Gasteiger partial charge on any atom is -0.330 e. The van der Waals surface area contributed by atoms with Gasteiger partial charge in [-0.2, -0.15) is 0 Å². The fourth-order valence-corrected chi connectivity index (χ4v) is 2.46. The second kappa shape index (κ2) is 7.22. The summed E-state index contributed by atoms with van der Waals surface area (Å²) >= 11 is 5.87. The molecule has 1 heterocycles. The molecule has 1 saturated heterocycles. The standard InChI is InChI=1S/C13H19ClN2.ClH/c14-13-5-3-11(4-6-13)9-16-7-1-2-12(8-15)10-16;/h3-6,12H,1-2,7-10,15H2;1H. The first-order valence-corrected chi connectivity index (χ1v) is 6.32. The molecule has 4 heteroatoms. The van der Waals surface area contributed by atoms with Gasteiger partial charge in [-0.05, 0) is 49.5 Å². The van der Waals surface area contributed by atoms with Crippen LogP contribution in [0, 0.1) is 5.92 Å². The van der Waals surface area contributed by atoms with Crippen LogP contribution < -0.4 is 5.73 Å². The monoisotopic (exact) mass is 274 g/mol. The van der Waals surface area contributed by atoms with Crippen molar-refractivity contribution in [3.05, 3.63) is 34.9 Å². The minimum atomic E-state index is 0. The van der Waals surface area contributed by atoms with E-state index in [4.69, 9.17) is 17.3 Å². The van der Waals surface area contributed by atoms with Crippen molar-refractivity contribution in [3.8, 4) is 0 Å². The zero-order chi connectivity index (χ0) is 11.4. The Bertz CT molecular complexity index is 327. The second-order valence-electron chi connectivity index (χ2n) is 4.61. The molecule has 96 valence electrons. The number of rotatable bonds is 3. The first-order valence-electron chi connectivity index (χ1n) is 5.95. The van der Waals surface area contributed by atoms with Crippen molar-refractivity contribution in [1.82, 2.24) is 4.90 Å². The molecule has 2 rings (SSSR count). The summed E-state index contributed by atoms with van der Waals surface area (Å²) in [7, 11) is 0. The molecular formula is C13H20Cl2N2. The van der Waals surface area contributed by atoms with Gasteiger partial charge in [0, 0.05) is 18.1 Å². The Kier molecular flexibility index (Phi) is 6.28. The summed E-state index contributed by atoms with van der Waals surface area (Å²) in [5, 5.41) is 0.808. The smallest absolute Gasteiger partial charge is 0.0406 e. The third kappa shape index (κ3) is 4.47. The zero-order valence-corrected chi connectivity index (χ0v) is 11.5. The van der Waals surface area contributed by atoms with Crippen molar-refractivity contribution in [2.75, 3.05) is 19.6 Å². The van der Waals surface area contributed by atoms with Gasteiger partial charge in [0.05, 0.1) is 0 Å². The van der Waals surface area contributed by atoms with Crippen LogP contribution in [0.3, 0.4) is 0 Å². The number of piperidine rings is 1. The van der Waals surface area contributed by atoms with E-state index < -0.39 is 0 Å². The normalized spacial score (nSPS) is 20.9. The maximum Gasteiger partial charge on any atom is 0.0406 e. The van der Waals surface area contributed by atoms with Gasteiger partial charge in [0.2, 0.25) is 0 Å². The maximum absolute atomic E-state index is 5.87. The highest BCUT2D eigenvalue weighted by molar-refractivity contribution is 6.30. The SMILES string of the molecule is Cl.NCC1CCCN(Cc2ccc(Cl)cc2)C1. The van der Waals surface area contributed by atoms with Crippen molar-refractivity contribution >= 4 is 24.0 Å².